The summed E-state index contributed by atoms with van der Waals surface area (Å²) in [6.45, 7) is 0. The molecule has 1 fully saturated rings. The van der Waals surface area contributed by atoms with Crippen molar-refractivity contribution in [3.05, 3.63) is 24.2 Å². The lowest BCUT2D eigenvalue weighted by atomic mass is 10.0. The van der Waals surface area contributed by atoms with Crippen LogP contribution in [0.3, 0.4) is 0 Å². The Labute approximate surface area is 125 Å². The minimum atomic E-state index is -1.19. The number of imide groups is 1. The minimum absolute atomic E-state index is 0.0323. The van der Waals surface area contributed by atoms with Crippen LogP contribution in [0.4, 0.5) is 4.79 Å². The molecule has 1 aliphatic heterocycles. The Morgan fingerprint density at radius 3 is 2.62 bits per heavy atom. The number of nitrogens with zero attached hydrogens (tertiary/aromatic N) is 2. The maximum Gasteiger partial charge on any atom is 0.331 e. The Hall–Kier alpha value is -2.55. The zero-order chi connectivity index (χ0) is 15.7. The molecule has 1 aliphatic rings. The second-order valence-corrected chi connectivity index (χ2v) is 4.79. The molecule has 2 rings (SSSR count). The second-order valence-electron chi connectivity index (χ2n) is 4.35. The number of hydrogen-bond acceptors (Lipinski definition) is 6. The predicted molar refractivity (Wildman–Crippen MR) is 75.9 cm³/mol. The van der Waals surface area contributed by atoms with Crippen LogP contribution < -0.4 is 5.32 Å². The van der Waals surface area contributed by atoms with Crippen molar-refractivity contribution in [3.8, 4) is 0 Å². The van der Waals surface area contributed by atoms with Gasteiger partial charge in [-0.1, -0.05) is 12.2 Å². The van der Waals surface area contributed by atoms with Gasteiger partial charge in [0.2, 0.25) is 5.91 Å². The molecule has 0 aliphatic carbocycles. The van der Waals surface area contributed by atoms with Crippen LogP contribution in [0.15, 0.2) is 22.8 Å². The van der Waals surface area contributed by atoms with Gasteiger partial charge < -0.3 is 9.73 Å². The van der Waals surface area contributed by atoms with Gasteiger partial charge in [0.05, 0.1) is 6.26 Å². The molecule has 4 amide bonds. The number of amides is 4. The zero-order valence-corrected chi connectivity index (χ0v) is 12.1. The first-order valence-electron chi connectivity index (χ1n) is 5.87. The largest absolute Gasteiger partial charge is 0.459 e. The van der Waals surface area contributed by atoms with Gasteiger partial charge in [0.15, 0.2) is 5.76 Å². The molecule has 1 atom stereocenters. The van der Waals surface area contributed by atoms with Crippen molar-refractivity contribution < 1.29 is 18.8 Å². The molecule has 0 saturated carbocycles. The average molecular weight is 308 g/mol. The molecule has 0 bridgehead atoms. The second kappa shape index (κ2) is 5.44. The highest BCUT2D eigenvalue weighted by Crippen LogP contribution is 2.16. The molecular weight excluding hydrogens is 296 g/mol. The number of carbonyl (C=O) groups excluding carboxylic acids is 3. The van der Waals surface area contributed by atoms with E-state index in [1.165, 1.54) is 32.5 Å². The molecule has 0 spiro atoms. The van der Waals surface area contributed by atoms with Crippen LogP contribution in [-0.2, 0) is 4.79 Å². The Morgan fingerprint density at radius 1 is 1.38 bits per heavy atom. The quantitative estimate of drug-likeness (QED) is 0.772. The zero-order valence-electron chi connectivity index (χ0n) is 11.2. The number of urea groups is 1. The molecule has 110 valence electrons. The maximum atomic E-state index is 12.1. The topological polar surface area (TPSA) is 107 Å². The molecule has 0 radical (unpaired) electrons. The van der Waals surface area contributed by atoms with Gasteiger partial charge in [-0.15, -0.1) is 0 Å². The van der Waals surface area contributed by atoms with E-state index in [1.54, 1.807) is 0 Å². The van der Waals surface area contributed by atoms with Crippen LogP contribution in [0.25, 0.3) is 0 Å². The lowest BCUT2D eigenvalue weighted by molar-refractivity contribution is -0.128. The van der Waals surface area contributed by atoms with Gasteiger partial charge in [0.25, 0.3) is 5.91 Å². The van der Waals surface area contributed by atoms with Gasteiger partial charge in [-0.2, -0.15) is 0 Å². The van der Waals surface area contributed by atoms with Crippen molar-refractivity contribution in [2.24, 2.45) is 5.92 Å². The molecule has 9 heteroatoms. The van der Waals surface area contributed by atoms with E-state index < -0.39 is 23.8 Å². The maximum absolute atomic E-state index is 12.1. The van der Waals surface area contributed by atoms with E-state index in [4.69, 9.17) is 22.0 Å². The van der Waals surface area contributed by atoms with Crippen LogP contribution in [0.5, 0.6) is 0 Å². The monoisotopic (exact) mass is 308 g/mol. The normalized spacial score (nSPS) is 19.0. The molecule has 1 saturated heterocycles. The van der Waals surface area contributed by atoms with Crippen LogP contribution >= 0.6 is 12.2 Å². The number of hydrogen-bond donors (Lipinski definition) is 2. The van der Waals surface area contributed by atoms with Crippen LogP contribution in [0, 0.1) is 11.3 Å². The number of furan rings is 1. The van der Waals surface area contributed by atoms with Gasteiger partial charge in [0, 0.05) is 14.1 Å². The molecule has 21 heavy (non-hydrogen) atoms. The molecule has 1 aromatic rings. The number of nitrogens with one attached hydrogen (secondary N) is 2. The standard InChI is InChI=1S/C12H12N4O4S/c1-15-8(13)7(11(18)16(2)12(15)19)10(21)14-9(17)6-4-3-5-20-6/h3-5,7,13H,1-2H3,(H,14,17,21). The number of amidine groups is 1. The fourth-order valence-electron chi connectivity index (χ4n) is 1.82. The first-order valence-corrected chi connectivity index (χ1v) is 6.27. The molecule has 1 aromatic heterocycles. The molecule has 0 aromatic carbocycles. The highest BCUT2D eigenvalue weighted by Gasteiger charge is 2.42. The molecule has 2 N–H and O–H groups in total. The molecule has 1 unspecified atom stereocenters. The smallest absolute Gasteiger partial charge is 0.331 e. The number of rotatable bonds is 2. The summed E-state index contributed by atoms with van der Waals surface area (Å²) in [5.74, 6) is -2.72. The van der Waals surface area contributed by atoms with Gasteiger partial charge in [-0.25, -0.2) is 4.79 Å². The van der Waals surface area contributed by atoms with Crippen molar-refractivity contribution in [2.75, 3.05) is 14.1 Å². The Kier molecular flexibility index (Phi) is 3.85. The molecular formula is C12H12N4O4S. The van der Waals surface area contributed by atoms with Gasteiger partial charge >= 0.3 is 6.03 Å². The summed E-state index contributed by atoms with van der Waals surface area (Å²) in [7, 11) is 2.65. The van der Waals surface area contributed by atoms with Crippen molar-refractivity contribution in [3.63, 3.8) is 0 Å². The van der Waals surface area contributed by atoms with Gasteiger partial charge in [-0.05, 0) is 12.1 Å². The number of thiocarbonyl (C=S) groups is 1. The van der Waals surface area contributed by atoms with E-state index in [-0.39, 0.29) is 16.6 Å². The van der Waals surface area contributed by atoms with Crippen LogP contribution in [-0.4, -0.2) is 52.6 Å². The molecule has 8 nitrogen and oxygen atoms in total. The summed E-state index contributed by atoms with van der Waals surface area (Å²) < 4.78 is 4.91. The van der Waals surface area contributed by atoms with E-state index >= 15 is 0 Å². The number of carbonyl (C=O) groups is 3. The summed E-state index contributed by atoms with van der Waals surface area (Å²) in [5.41, 5.74) is 0. The third-order valence-electron chi connectivity index (χ3n) is 3.03. The fraction of sp³-hybridized carbons (Fsp3) is 0.250. The highest BCUT2D eigenvalue weighted by atomic mass is 32.1. The van der Waals surface area contributed by atoms with Gasteiger partial charge in [-0.3, -0.25) is 24.8 Å². The summed E-state index contributed by atoms with van der Waals surface area (Å²) in [4.78, 5) is 37.3. The Bertz CT molecular complexity index is 616. The van der Waals surface area contributed by atoms with Crippen molar-refractivity contribution in [2.45, 2.75) is 0 Å². The summed E-state index contributed by atoms with van der Waals surface area (Å²) in [5, 5.41) is 10.2. The summed E-state index contributed by atoms with van der Waals surface area (Å²) in [6, 6.07) is 2.35. The summed E-state index contributed by atoms with van der Waals surface area (Å²) in [6.07, 6.45) is 1.33. The van der Waals surface area contributed by atoms with Crippen LogP contribution in [0.2, 0.25) is 0 Å². The van der Waals surface area contributed by atoms with Gasteiger partial charge in [0.1, 0.15) is 16.7 Å². The summed E-state index contributed by atoms with van der Waals surface area (Å²) >= 11 is 5.02. The van der Waals surface area contributed by atoms with E-state index in [1.807, 2.05) is 0 Å². The van der Waals surface area contributed by atoms with Crippen molar-refractivity contribution in [1.82, 2.24) is 15.1 Å². The van der Waals surface area contributed by atoms with E-state index in [9.17, 15) is 14.4 Å². The lowest BCUT2D eigenvalue weighted by Gasteiger charge is -2.34. The first-order chi connectivity index (χ1) is 9.84. The predicted octanol–water partition coefficient (Wildman–Crippen LogP) is 0.454. The third-order valence-corrected chi connectivity index (χ3v) is 3.37. The first kappa shape index (κ1) is 14.9. The van der Waals surface area contributed by atoms with E-state index in [0.717, 1.165) is 9.80 Å². The highest BCUT2D eigenvalue weighted by molar-refractivity contribution is 7.80. The van der Waals surface area contributed by atoms with Crippen molar-refractivity contribution in [1.29, 1.82) is 5.41 Å². The lowest BCUT2D eigenvalue weighted by Crippen LogP contribution is -2.60. The average Bonchev–Trinajstić information content (AvgIpc) is 2.97. The van der Waals surface area contributed by atoms with Crippen molar-refractivity contribution >= 4 is 40.9 Å². The Balaban J connectivity index is 2.18. The van der Waals surface area contributed by atoms with E-state index in [0.29, 0.717) is 0 Å². The Morgan fingerprint density at radius 2 is 2.05 bits per heavy atom. The fourth-order valence-corrected chi connectivity index (χ4v) is 2.12. The molecule has 2 heterocycles. The van der Waals surface area contributed by atoms with Crippen LogP contribution in [0.1, 0.15) is 10.6 Å². The third kappa shape index (κ3) is 2.55. The minimum Gasteiger partial charge on any atom is -0.459 e. The van der Waals surface area contributed by atoms with E-state index in [2.05, 4.69) is 5.32 Å². The SMILES string of the molecule is CN1C(=N)C(C(=S)NC(=O)c2ccco2)C(=O)N(C)C1=O.